The van der Waals surface area contributed by atoms with Gasteiger partial charge in [-0.05, 0) is 51.0 Å². The summed E-state index contributed by atoms with van der Waals surface area (Å²) in [5, 5.41) is 14.2. The zero-order chi connectivity index (χ0) is 17.4. The molecule has 3 rings (SSSR count). The van der Waals surface area contributed by atoms with Crippen LogP contribution in [0.15, 0.2) is 30.5 Å². The number of carboxylic acids is 1. The van der Waals surface area contributed by atoms with Crippen LogP contribution in [-0.4, -0.2) is 43.7 Å². The number of amides is 1. The van der Waals surface area contributed by atoms with Crippen LogP contribution in [0.5, 0.6) is 0 Å². The van der Waals surface area contributed by atoms with E-state index in [1.54, 1.807) is 23.7 Å². The summed E-state index contributed by atoms with van der Waals surface area (Å²) in [6, 6.07) is 6.28. The van der Waals surface area contributed by atoms with Crippen molar-refractivity contribution in [2.24, 2.45) is 0 Å². The summed E-state index contributed by atoms with van der Waals surface area (Å²) >= 11 is 5.90. The maximum atomic E-state index is 12.9. The second-order valence-corrected chi connectivity index (χ2v) is 6.43. The van der Waals surface area contributed by atoms with Gasteiger partial charge in [0.25, 0.3) is 5.91 Å². The van der Waals surface area contributed by atoms with Crippen LogP contribution in [0, 0.1) is 6.92 Å². The molecule has 0 bridgehead atoms. The van der Waals surface area contributed by atoms with Crippen molar-refractivity contribution in [1.29, 1.82) is 0 Å². The number of nitrogens with zero attached hydrogens (tertiary/aromatic N) is 3. The number of benzene rings is 1. The van der Waals surface area contributed by atoms with E-state index in [1.165, 1.54) is 18.0 Å². The van der Waals surface area contributed by atoms with E-state index >= 15 is 0 Å². The predicted octanol–water partition coefficient (Wildman–Crippen LogP) is 2.91. The van der Waals surface area contributed by atoms with Crippen LogP contribution in [0.3, 0.4) is 0 Å². The number of carboxylic acid groups (broad SMARTS) is 1. The van der Waals surface area contributed by atoms with Gasteiger partial charge in [-0.25, -0.2) is 9.48 Å². The molecular weight excluding hydrogens is 330 g/mol. The van der Waals surface area contributed by atoms with Crippen LogP contribution in [-0.2, 0) is 4.79 Å². The number of aromatic nitrogens is 2. The van der Waals surface area contributed by atoms with Gasteiger partial charge in [-0.1, -0.05) is 11.6 Å². The average Bonchev–Trinajstić information content (AvgIpc) is 3.30. The molecule has 1 amide bonds. The third kappa shape index (κ3) is 3.01. The highest BCUT2D eigenvalue weighted by Gasteiger charge is 2.39. The van der Waals surface area contributed by atoms with Crippen molar-refractivity contribution < 1.29 is 14.7 Å². The van der Waals surface area contributed by atoms with Gasteiger partial charge in [0.15, 0.2) is 0 Å². The molecule has 1 heterocycles. The molecule has 0 spiro atoms. The summed E-state index contributed by atoms with van der Waals surface area (Å²) in [6.45, 7) is 3.34. The third-order valence-electron chi connectivity index (χ3n) is 4.26. The highest BCUT2D eigenvalue weighted by atomic mass is 35.5. The lowest BCUT2D eigenvalue weighted by molar-refractivity contribution is -0.141. The Morgan fingerprint density at radius 2 is 1.96 bits per heavy atom. The van der Waals surface area contributed by atoms with E-state index in [9.17, 15) is 14.7 Å². The summed E-state index contributed by atoms with van der Waals surface area (Å²) in [6.07, 6.45) is 3.18. The van der Waals surface area contributed by atoms with Gasteiger partial charge in [0.05, 0.1) is 23.1 Å². The quantitative estimate of drug-likeness (QED) is 0.902. The molecule has 1 aromatic heterocycles. The van der Waals surface area contributed by atoms with Crippen molar-refractivity contribution in [3.63, 3.8) is 0 Å². The fourth-order valence-corrected chi connectivity index (χ4v) is 2.86. The molecule has 6 nitrogen and oxygen atoms in total. The van der Waals surface area contributed by atoms with Crippen molar-refractivity contribution in [2.45, 2.75) is 38.8 Å². The van der Waals surface area contributed by atoms with Gasteiger partial charge < -0.3 is 10.0 Å². The minimum atomic E-state index is -1.00. The first-order valence-corrected chi connectivity index (χ1v) is 8.14. The molecule has 1 fully saturated rings. The molecule has 1 atom stereocenters. The minimum Gasteiger partial charge on any atom is -0.480 e. The summed E-state index contributed by atoms with van der Waals surface area (Å²) in [7, 11) is 0. The maximum absolute atomic E-state index is 12.9. The van der Waals surface area contributed by atoms with Gasteiger partial charge >= 0.3 is 5.97 Å². The Bertz CT molecular complexity index is 781. The SMILES string of the molecule is Cc1c(C(=O)N(C2CC2)C(C)C(=O)O)cnn1-c1ccc(Cl)cc1. The Morgan fingerprint density at radius 1 is 1.33 bits per heavy atom. The predicted molar refractivity (Wildman–Crippen MR) is 89.6 cm³/mol. The van der Waals surface area contributed by atoms with E-state index in [4.69, 9.17) is 11.6 Å². The van der Waals surface area contributed by atoms with E-state index in [0.29, 0.717) is 16.3 Å². The Balaban J connectivity index is 1.93. The summed E-state index contributed by atoms with van der Waals surface area (Å²) in [5.41, 5.74) is 1.88. The smallest absolute Gasteiger partial charge is 0.326 e. The second kappa shape index (κ2) is 6.28. The zero-order valence-electron chi connectivity index (χ0n) is 13.4. The zero-order valence-corrected chi connectivity index (χ0v) is 14.2. The number of carbonyl (C=O) groups excluding carboxylic acids is 1. The van der Waals surface area contributed by atoms with E-state index in [-0.39, 0.29) is 11.9 Å². The molecule has 1 aliphatic carbocycles. The Kier molecular flexibility index (Phi) is 4.32. The van der Waals surface area contributed by atoms with Crippen LogP contribution >= 0.6 is 11.6 Å². The van der Waals surface area contributed by atoms with Crippen LogP contribution in [0.2, 0.25) is 5.02 Å². The number of carbonyl (C=O) groups is 2. The summed E-state index contributed by atoms with van der Waals surface area (Å²) in [4.78, 5) is 25.7. The van der Waals surface area contributed by atoms with Crippen LogP contribution in [0.25, 0.3) is 5.69 Å². The van der Waals surface area contributed by atoms with Crippen molar-refractivity contribution in [2.75, 3.05) is 0 Å². The van der Waals surface area contributed by atoms with Crippen molar-refractivity contribution in [1.82, 2.24) is 14.7 Å². The average molecular weight is 348 g/mol. The van der Waals surface area contributed by atoms with Crippen LogP contribution < -0.4 is 0 Å². The minimum absolute atomic E-state index is 0.00174. The number of rotatable bonds is 5. The van der Waals surface area contributed by atoms with Gasteiger partial charge in [-0.3, -0.25) is 4.79 Å². The fraction of sp³-hybridized carbons (Fsp3) is 0.353. The first-order valence-electron chi connectivity index (χ1n) is 7.76. The molecule has 1 aliphatic rings. The molecule has 7 heteroatoms. The topological polar surface area (TPSA) is 75.4 Å². The molecule has 126 valence electrons. The van der Waals surface area contributed by atoms with Gasteiger partial charge in [0.1, 0.15) is 6.04 Å². The Morgan fingerprint density at radius 3 is 2.50 bits per heavy atom. The lowest BCUT2D eigenvalue weighted by Crippen LogP contribution is -2.44. The fourth-order valence-electron chi connectivity index (χ4n) is 2.73. The van der Waals surface area contributed by atoms with Crippen LogP contribution in [0.4, 0.5) is 0 Å². The van der Waals surface area contributed by atoms with E-state index < -0.39 is 12.0 Å². The summed E-state index contributed by atoms with van der Waals surface area (Å²) < 4.78 is 1.65. The van der Waals surface area contributed by atoms with Gasteiger partial charge in [0, 0.05) is 11.1 Å². The molecule has 0 aliphatic heterocycles. The van der Waals surface area contributed by atoms with Crippen LogP contribution in [0.1, 0.15) is 35.8 Å². The molecule has 0 radical (unpaired) electrons. The summed E-state index contributed by atoms with van der Waals surface area (Å²) in [5.74, 6) is -1.29. The molecule has 1 N–H and O–H groups in total. The third-order valence-corrected chi connectivity index (χ3v) is 4.51. The molecule has 1 unspecified atom stereocenters. The highest BCUT2D eigenvalue weighted by molar-refractivity contribution is 6.30. The number of hydrogen-bond acceptors (Lipinski definition) is 3. The van der Waals surface area contributed by atoms with Gasteiger partial charge in [-0.15, -0.1) is 0 Å². The first kappa shape index (κ1) is 16.5. The first-order chi connectivity index (χ1) is 11.4. The lowest BCUT2D eigenvalue weighted by Gasteiger charge is -2.26. The van der Waals surface area contributed by atoms with E-state index in [2.05, 4.69) is 5.10 Å². The van der Waals surface area contributed by atoms with Crippen molar-refractivity contribution in [3.8, 4) is 5.69 Å². The molecular formula is C17H18ClN3O3. The monoisotopic (exact) mass is 347 g/mol. The largest absolute Gasteiger partial charge is 0.480 e. The Hall–Kier alpha value is -2.34. The van der Waals surface area contributed by atoms with Gasteiger partial charge in [-0.2, -0.15) is 5.10 Å². The van der Waals surface area contributed by atoms with Gasteiger partial charge in [0.2, 0.25) is 0 Å². The highest BCUT2D eigenvalue weighted by Crippen LogP contribution is 2.31. The molecule has 0 saturated heterocycles. The van der Waals surface area contributed by atoms with Crippen molar-refractivity contribution >= 4 is 23.5 Å². The standard InChI is InChI=1S/C17H18ClN3O3/c1-10-15(9-19-21(10)14-5-3-12(18)4-6-14)16(22)20(13-7-8-13)11(2)17(23)24/h3-6,9,11,13H,7-8H2,1-2H3,(H,23,24). The van der Waals surface area contributed by atoms with Crippen molar-refractivity contribution in [3.05, 3.63) is 46.7 Å². The number of aliphatic carboxylic acids is 1. The molecule has 2 aromatic rings. The normalized spacial score (nSPS) is 15.1. The number of hydrogen-bond donors (Lipinski definition) is 1. The molecule has 1 saturated carbocycles. The molecule has 1 aromatic carbocycles. The van der Waals surface area contributed by atoms with E-state index in [0.717, 1.165) is 18.5 Å². The van der Waals surface area contributed by atoms with E-state index in [1.807, 2.05) is 12.1 Å². The Labute approximate surface area is 144 Å². The number of halogens is 1. The second-order valence-electron chi connectivity index (χ2n) is 5.99. The lowest BCUT2D eigenvalue weighted by atomic mass is 10.1. The molecule has 24 heavy (non-hydrogen) atoms. The maximum Gasteiger partial charge on any atom is 0.326 e.